The lowest BCUT2D eigenvalue weighted by atomic mass is 10.2. The third-order valence-corrected chi connectivity index (χ3v) is 3.34. The molecule has 0 bridgehead atoms. The van der Waals surface area contributed by atoms with Gasteiger partial charge < -0.3 is 10.1 Å². The predicted octanol–water partition coefficient (Wildman–Crippen LogP) is 3.95. The topological polar surface area (TPSA) is 34.1 Å². The average Bonchev–Trinajstić information content (AvgIpc) is 2.48. The van der Waals surface area contributed by atoms with Gasteiger partial charge in [0.2, 0.25) is 0 Å². The van der Waals surface area contributed by atoms with E-state index in [1.807, 2.05) is 0 Å². The number of rotatable bonds is 7. The molecule has 112 valence electrons. The monoisotopic (exact) mass is 308 g/mol. The van der Waals surface area contributed by atoms with Crippen molar-refractivity contribution in [3.05, 3.63) is 58.6 Å². The van der Waals surface area contributed by atoms with Gasteiger partial charge in [-0.05, 0) is 37.2 Å². The molecule has 1 heterocycles. The molecule has 0 spiro atoms. The highest BCUT2D eigenvalue weighted by atomic mass is 35.5. The van der Waals surface area contributed by atoms with Crippen LogP contribution in [0.1, 0.15) is 24.5 Å². The highest BCUT2D eigenvalue weighted by molar-refractivity contribution is 6.31. The number of benzene rings is 1. The van der Waals surface area contributed by atoms with Gasteiger partial charge in [-0.25, -0.2) is 4.39 Å². The standard InChI is InChI=1S/C16H18ClFN2O/c1-2-6-19-9-13-8-14(18)3-4-16(13)21-11-12-5-7-20-10-15(12)17/h3-5,7-8,10,19H,2,6,9,11H2,1H3. The number of halogens is 2. The van der Waals surface area contributed by atoms with E-state index in [1.165, 1.54) is 12.1 Å². The van der Waals surface area contributed by atoms with Gasteiger partial charge in [0.25, 0.3) is 0 Å². The Balaban J connectivity index is 2.06. The first-order valence-corrected chi connectivity index (χ1v) is 7.29. The molecule has 0 radical (unpaired) electrons. The molecule has 0 amide bonds. The maximum Gasteiger partial charge on any atom is 0.124 e. The number of ether oxygens (including phenoxy) is 1. The first-order valence-electron chi connectivity index (χ1n) is 6.91. The highest BCUT2D eigenvalue weighted by Gasteiger charge is 2.07. The van der Waals surface area contributed by atoms with Crippen molar-refractivity contribution >= 4 is 11.6 Å². The number of hydrogen-bond donors (Lipinski definition) is 1. The molecule has 2 rings (SSSR count). The molecule has 2 aromatic rings. The van der Waals surface area contributed by atoms with Crippen LogP contribution < -0.4 is 10.1 Å². The zero-order chi connectivity index (χ0) is 15.1. The van der Waals surface area contributed by atoms with E-state index in [-0.39, 0.29) is 5.82 Å². The van der Waals surface area contributed by atoms with E-state index in [2.05, 4.69) is 17.2 Å². The van der Waals surface area contributed by atoms with Gasteiger partial charge in [0.1, 0.15) is 18.2 Å². The Labute approximate surface area is 129 Å². The van der Waals surface area contributed by atoms with E-state index in [0.717, 1.165) is 24.1 Å². The lowest BCUT2D eigenvalue weighted by Gasteiger charge is -2.13. The quantitative estimate of drug-likeness (QED) is 0.786. The second-order valence-corrected chi connectivity index (χ2v) is 5.09. The van der Waals surface area contributed by atoms with Crippen LogP contribution in [-0.2, 0) is 13.2 Å². The molecule has 3 nitrogen and oxygen atoms in total. The molecule has 1 aromatic carbocycles. The molecule has 0 aliphatic heterocycles. The SMILES string of the molecule is CCCNCc1cc(F)ccc1OCc1ccncc1Cl. The van der Waals surface area contributed by atoms with Crippen LogP contribution in [0.2, 0.25) is 5.02 Å². The first-order chi connectivity index (χ1) is 10.2. The van der Waals surface area contributed by atoms with E-state index >= 15 is 0 Å². The molecular formula is C16H18ClFN2O. The molecular weight excluding hydrogens is 291 g/mol. The van der Waals surface area contributed by atoms with E-state index in [9.17, 15) is 4.39 Å². The molecule has 5 heteroatoms. The minimum absolute atomic E-state index is 0.266. The maximum absolute atomic E-state index is 13.4. The van der Waals surface area contributed by atoms with E-state index < -0.39 is 0 Å². The molecule has 0 saturated heterocycles. The lowest BCUT2D eigenvalue weighted by Crippen LogP contribution is -2.15. The molecule has 0 aliphatic carbocycles. The van der Waals surface area contributed by atoms with Crippen LogP contribution in [0.3, 0.4) is 0 Å². The summed E-state index contributed by atoms with van der Waals surface area (Å²) < 4.78 is 19.1. The summed E-state index contributed by atoms with van der Waals surface area (Å²) >= 11 is 6.04. The number of nitrogens with one attached hydrogen (secondary N) is 1. The molecule has 0 aliphatic rings. The summed E-state index contributed by atoms with van der Waals surface area (Å²) in [7, 11) is 0. The van der Waals surface area contributed by atoms with E-state index in [4.69, 9.17) is 16.3 Å². The Hall–Kier alpha value is -1.65. The van der Waals surface area contributed by atoms with Gasteiger partial charge in [-0.2, -0.15) is 0 Å². The van der Waals surface area contributed by atoms with Crippen LogP contribution in [0.25, 0.3) is 0 Å². The van der Waals surface area contributed by atoms with Gasteiger partial charge in [0, 0.05) is 30.1 Å². The third-order valence-electron chi connectivity index (χ3n) is 3.00. The van der Waals surface area contributed by atoms with Crippen molar-refractivity contribution in [3.8, 4) is 5.75 Å². The number of pyridine rings is 1. The number of nitrogens with zero attached hydrogens (tertiary/aromatic N) is 1. The summed E-state index contributed by atoms with van der Waals surface area (Å²) in [5.74, 6) is 0.394. The Kier molecular flexibility index (Phi) is 5.96. The molecule has 0 atom stereocenters. The van der Waals surface area contributed by atoms with Crippen molar-refractivity contribution in [1.82, 2.24) is 10.3 Å². The predicted molar refractivity (Wildman–Crippen MR) is 82.0 cm³/mol. The van der Waals surface area contributed by atoms with Gasteiger partial charge in [-0.1, -0.05) is 18.5 Å². The summed E-state index contributed by atoms with van der Waals surface area (Å²) in [6.07, 6.45) is 4.27. The third kappa shape index (κ3) is 4.69. The maximum atomic E-state index is 13.4. The fraction of sp³-hybridized carbons (Fsp3) is 0.312. The van der Waals surface area contributed by atoms with Gasteiger partial charge in [-0.15, -0.1) is 0 Å². The zero-order valence-corrected chi connectivity index (χ0v) is 12.7. The van der Waals surface area contributed by atoms with Crippen molar-refractivity contribution in [2.45, 2.75) is 26.5 Å². The zero-order valence-electron chi connectivity index (χ0n) is 11.9. The fourth-order valence-corrected chi connectivity index (χ4v) is 2.08. The van der Waals surface area contributed by atoms with E-state index in [0.29, 0.717) is 23.9 Å². The van der Waals surface area contributed by atoms with Crippen molar-refractivity contribution in [2.24, 2.45) is 0 Å². The Bertz CT molecular complexity index is 592. The van der Waals surface area contributed by atoms with Crippen LogP contribution in [0.4, 0.5) is 4.39 Å². The highest BCUT2D eigenvalue weighted by Crippen LogP contribution is 2.22. The normalized spacial score (nSPS) is 10.6. The summed E-state index contributed by atoms with van der Waals surface area (Å²) in [6, 6.07) is 6.34. The summed E-state index contributed by atoms with van der Waals surface area (Å²) in [6.45, 7) is 3.87. The van der Waals surface area contributed by atoms with Crippen molar-refractivity contribution in [2.75, 3.05) is 6.54 Å². The lowest BCUT2D eigenvalue weighted by molar-refractivity contribution is 0.301. The summed E-state index contributed by atoms with van der Waals surface area (Å²) in [4.78, 5) is 3.93. The molecule has 0 saturated carbocycles. The molecule has 0 fully saturated rings. The number of aromatic nitrogens is 1. The molecule has 1 aromatic heterocycles. The second kappa shape index (κ2) is 7.96. The Morgan fingerprint density at radius 1 is 1.29 bits per heavy atom. The van der Waals surface area contributed by atoms with Gasteiger partial charge >= 0.3 is 0 Å². The van der Waals surface area contributed by atoms with Gasteiger partial charge in [0.05, 0.1) is 5.02 Å². The largest absolute Gasteiger partial charge is 0.489 e. The summed E-state index contributed by atoms with van der Waals surface area (Å²) in [5.41, 5.74) is 1.65. The smallest absolute Gasteiger partial charge is 0.124 e. The van der Waals surface area contributed by atoms with Crippen molar-refractivity contribution in [3.63, 3.8) is 0 Å². The Morgan fingerprint density at radius 3 is 2.90 bits per heavy atom. The van der Waals surface area contributed by atoms with Crippen LogP contribution in [0.15, 0.2) is 36.7 Å². The molecule has 21 heavy (non-hydrogen) atoms. The van der Waals surface area contributed by atoms with Crippen LogP contribution in [0.5, 0.6) is 5.75 Å². The number of hydrogen-bond acceptors (Lipinski definition) is 3. The van der Waals surface area contributed by atoms with Crippen molar-refractivity contribution in [1.29, 1.82) is 0 Å². The summed E-state index contributed by atoms with van der Waals surface area (Å²) in [5, 5.41) is 3.81. The van der Waals surface area contributed by atoms with Crippen LogP contribution in [-0.4, -0.2) is 11.5 Å². The van der Waals surface area contributed by atoms with Gasteiger partial charge in [0.15, 0.2) is 0 Å². The van der Waals surface area contributed by atoms with Crippen molar-refractivity contribution < 1.29 is 9.13 Å². The van der Waals surface area contributed by atoms with Crippen LogP contribution >= 0.6 is 11.6 Å². The minimum Gasteiger partial charge on any atom is -0.489 e. The Morgan fingerprint density at radius 2 is 2.14 bits per heavy atom. The average molecular weight is 309 g/mol. The van der Waals surface area contributed by atoms with E-state index in [1.54, 1.807) is 24.5 Å². The minimum atomic E-state index is -0.266. The fourth-order valence-electron chi connectivity index (χ4n) is 1.90. The van der Waals surface area contributed by atoms with Gasteiger partial charge in [-0.3, -0.25) is 4.98 Å². The first kappa shape index (κ1) is 15.7. The molecule has 1 N–H and O–H groups in total. The second-order valence-electron chi connectivity index (χ2n) is 4.68. The molecule has 0 unspecified atom stereocenters. The van der Waals surface area contributed by atoms with Crippen LogP contribution in [0, 0.1) is 5.82 Å².